The Morgan fingerprint density at radius 3 is 2.55 bits per heavy atom. The van der Waals surface area contributed by atoms with Crippen molar-refractivity contribution in [3.63, 3.8) is 0 Å². The van der Waals surface area contributed by atoms with E-state index in [4.69, 9.17) is 32.7 Å². The molecule has 254 valence electrons. The molecule has 2 atom stereocenters. The van der Waals surface area contributed by atoms with Gasteiger partial charge in [0.15, 0.2) is 5.82 Å². The summed E-state index contributed by atoms with van der Waals surface area (Å²) in [5.74, 6) is -0.828. The average Bonchev–Trinajstić information content (AvgIpc) is 3.04. The van der Waals surface area contributed by atoms with Crippen LogP contribution < -0.4 is 18.7 Å². The van der Waals surface area contributed by atoms with Crippen LogP contribution in [0.2, 0.25) is 10.0 Å². The lowest BCUT2D eigenvalue weighted by atomic mass is 9.66. The predicted octanol–water partition coefficient (Wildman–Crippen LogP) is 7.56. The van der Waals surface area contributed by atoms with E-state index in [1.54, 1.807) is 18.2 Å². The van der Waals surface area contributed by atoms with Gasteiger partial charge in [-0.05, 0) is 74.9 Å². The zero-order valence-corrected chi connectivity index (χ0v) is 29.1. The van der Waals surface area contributed by atoms with Crippen molar-refractivity contribution in [2.45, 2.75) is 62.9 Å². The van der Waals surface area contributed by atoms with Crippen molar-refractivity contribution in [1.29, 1.82) is 0 Å². The van der Waals surface area contributed by atoms with Crippen molar-refractivity contribution in [3.05, 3.63) is 69.8 Å². The molecule has 13 heteroatoms. The average molecular weight is 710 g/mol. The molecule has 1 saturated carbocycles. The van der Waals surface area contributed by atoms with E-state index in [0.717, 1.165) is 42.7 Å². The Kier molecular flexibility index (Phi) is 9.82. The Bertz CT molecular complexity index is 1740. The van der Waals surface area contributed by atoms with Crippen LogP contribution in [0.15, 0.2) is 47.4 Å². The first-order valence-corrected chi connectivity index (χ1v) is 18.2. The molecular weight excluding hydrogens is 669 g/mol. The quantitative estimate of drug-likeness (QED) is 0.168. The van der Waals surface area contributed by atoms with Crippen molar-refractivity contribution < 1.29 is 26.7 Å². The number of sulfonamides is 1. The van der Waals surface area contributed by atoms with Crippen LogP contribution in [-0.2, 0) is 16.6 Å². The number of benzene rings is 2. The largest absolute Gasteiger partial charge is 0.497 e. The van der Waals surface area contributed by atoms with Crippen LogP contribution >= 0.6 is 23.2 Å². The highest BCUT2D eigenvalue weighted by Gasteiger charge is 2.48. The molecule has 8 nitrogen and oxygen atoms in total. The lowest BCUT2D eigenvalue weighted by Gasteiger charge is -2.56. The van der Waals surface area contributed by atoms with Crippen LogP contribution in [-0.4, -0.2) is 64.7 Å². The SMILES string of the molecule is COc1ccc(CN(c2cccc(F)n2)S(=O)(=O)c2c(Cl)cc(N3CC4(CCCC(N5CCC[C@@H](C)C5)C4)C3)c(Cl)c2F)c(OC)c1. The van der Waals surface area contributed by atoms with Gasteiger partial charge in [-0.25, -0.2) is 22.1 Å². The van der Waals surface area contributed by atoms with Gasteiger partial charge in [0.2, 0.25) is 5.95 Å². The topological polar surface area (TPSA) is 75.2 Å². The van der Waals surface area contributed by atoms with Gasteiger partial charge < -0.3 is 19.3 Å². The van der Waals surface area contributed by atoms with E-state index < -0.39 is 26.7 Å². The summed E-state index contributed by atoms with van der Waals surface area (Å²) < 4.78 is 70.6. The van der Waals surface area contributed by atoms with E-state index in [9.17, 15) is 12.8 Å². The number of halogens is 4. The summed E-state index contributed by atoms with van der Waals surface area (Å²) in [7, 11) is -1.86. The molecular formula is C34H40Cl2F2N4O4S. The summed E-state index contributed by atoms with van der Waals surface area (Å²) in [4.78, 5) is 7.63. The molecule has 0 amide bonds. The first-order valence-electron chi connectivity index (χ1n) is 16.0. The number of likely N-dealkylation sites (tertiary alicyclic amines) is 1. The Morgan fingerprint density at radius 2 is 1.85 bits per heavy atom. The van der Waals surface area contributed by atoms with E-state index in [0.29, 0.717) is 47.8 Å². The number of pyridine rings is 1. The molecule has 2 saturated heterocycles. The molecule has 3 fully saturated rings. The standard InChI is InChI=1S/C34H40Cl2F2N4O4S/c1-22-7-6-14-40(18-22)24-8-5-13-34(17-24)20-41(21-34)27-16-26(35)33(32(38)31(27)36)47(43,44)42(30-10-4-9-29(37)39-30)19-23-11-12-25(45-2)15-28(23)46-3/h4,9-12,15-16,22,24H,5-8,13-14,17-21H2,1-3H3/t22-,24?/m1/s1. The number of rotatable bonds is 9. The number of anilines is 2. The summed E-state index contributed by atoms with van der Waals surface area (Å²) >= 11 is 13.2. The summed E-state index contributed by atoms with van der Waals surface area (Å²) in [5.41, 5.74) is 0.871. The Labute approximate surface area is 285 Å². The molecule has 0 radical (unpaired) electrons. The minimum absolute atomic E-state index is 0.109. The van der Waals surface area contributed by atoms with E-state index in [1.807, 2.05) is 4.90 Å². The monoisotopic (exact) mass is 708 g/mol. The van der Waals surface area contributed by atoms with Gasteiger partial charge in [-0.2, -0.15) is 4.39 Å². The molecule has 1 aliphatic carbocycles. The lowest BCUT2D eigenvalue weighted by Crippen LogP contribution is -2.61. The molecule has 0 N–H and O–H groups in total. The molecule has 2 aromatic carbocycles. The van der Waals surface area contributed by atoms with Gasteiger partial charge in [-0.3, -0.25) is 0 Å². The fraction of sp³-hybridized carbons (Fsp3) is 0.500. The highest BCUT2D eigenvalue weighted by Crippen LogP contribution is 2.50. The normalized spacial score (nSPS) is 21.4. The van der Waals surface area contributed by atoms with Gasteiger partial charge in [-0.1, -0.05) is 42.6 Å². The van der Waals surface area contributed by atoms with Gasteiger partial charge in [-0.15, -0.1) is 0 Å². The van der Waals surface area contributed by atoms with Crippen LogP contribution in [0.4, 0.5) is 20.3 Å². The number of piperidine rings is 1. The fourth-order valence-electron chi connectivity index (χ4n) is 7.61. The van der Waals surface area contributed by atoms with Crippen molar-refractivity contribution in [1.82, 2.24) is 9.88 Å². The predicted molar refractivity (Wildman–Crippen MR) is 180 cm³/mol. The lowest BCUT2D eigenvalue weighted by molar-refractivity contribution is 0.0330. The molecule has 0 bridgehead atoms. The van der Waals surface area contributed by atoms with E-state index >= 15 is 4.39 Å². The molecule has 1 spiro atoms. The number of hydrogen-bond acceptors (Lipinski definition) is 7. The van der Waals surface area contributed by atoms with Gasteiger partial charge in [0.05, 0.1) is 31.5 Å². The maximum absolute atomic E-state index is 16.3. The van der Waals surface area contributed by atoms with Crippen LogP contribution in [0.25, 0.3) is 0 Å². The Balaban J connectivity index is 1.29. The van der Waals surface area contributed by atoms with Gasteiger partial charge in [0, 0.05) is 42.7 Å². The molecule has 1 aromatic heterocycles. The minimum atomic E-state index is -4.77. The van der Waals surface area contributed by atoms with Crippen molar-refractivity contribution >= 4 is 44.7 Å². The van der Waals surface area contributed by atoms with E-state index in [1.165, 1.54) is 51.7 Å². The van der Waals surface area contributed by atoms with E-state index in [2.05, 4.69) is 16.8 Å². The minimum Gasteiger partial charge on any atom is -0.497 e. The first-order chi connectivity index (χ1) is 22.4. The third kappa shape index (κ3) is 6.73. The maximum atomic E-state index is 16.3. The zero-order valence-electron chi connectivity index (χ0n) is 26.8. The number of aromatic nitrogens is 1. The highest BCUT2D eigenvalue weighted by molar-refractivity contribution is 7.93. The molecule has 2 aliphatic heterocycles. The van der Waals surface area contributed by atoms with Crippen LogP contribution in [0.3, 0.4) is 0 Å². The fourth-order valence-corrected chi connectivity index (χ4v) is 9.93. The van der Waals surface area contributed by atoms with Crippen LogP contribution in [0, 0.1) is 23.1 Å². The number of ether oxygens (including phenoxy) is 2. The van der Waals surface area contributed by atoms with Gasteiger partial charge in [0.25, 0.3) is 10.0 Å². The molecule has 3 aromatic rings. The van der Waals surface area contributed by atoms with Crippen LogP contribution in [0.5, 0.6) is 11.5 Å². The molecule has 6 rings (SSSR count). The van der Waals surface area contributed by atoms with Gasteiger partial charge in [0.1, 0.15) is 27.2 Å². The Morgan fingerprint density at radius 1 is 1.06 bits per heavy atom. The van der Waals surface area contributed by atoms with Gasteiger partial charge >= 0.3 is 0 Å². The molecule has 1 unspecified atom stereocenters. The van der Waals surface area contributed by atoms with Crippen molar-refractivity contribution in [3.8, 4) is 11.5 Å². The third-order valence-corrected chi connectivity index (χ3v) is 12.5. The summed E-state index contributed by atoms with van der Waals surface area (Å²) in [5, 5.41) is -0.649. The number of methoxy groups -OCH3 is 2. The van der Waals surface area contributed by atoms with E-state index in [-0.39, 0.29) is 27.8 Å². The molecule has 3 heterocycles. The first kappa shape index (κ1) is 34.0. The maximum Gasteiger partial charge on any atom is 0.270 e. The number of hydrogen-bond donors (Lipinski definition) is 0. The highest BCUT2D eigenvalue weighted by atomic mass is 35.5. The molecule has 3 aliphatic rings. The number of nitrogens with zero attached hydrogens (tertiary/aromatic N) is 4. The summed E-state index contributed by atoms with van der Waals surface area (Å²) in [6.07, 6.45) is 7.04. The summed E-state index contributed by atoms with van der Waals surface area (Å²) in [6, 6.07) is 10.5. The van der Waals surface area contributed by atoms with Crippen molar-refractivity contribution in [2.75, 3.05) is 49.6 Å². The smallest absolute Gasteiger partial charge is 0.270 e. The third-order valence-electron chi connectivity index (χ3n) is 9.92. The zero-order chi connectivity index (χ0) is 33.5. The second kappa shape index (κ2) is 13.6. The van der Waals surface area contributed by atoms with Crippen LogP contribution in [0.1, 0.15) is 51.0 Å². The second-order valence-corrected chi connectivity index (χ2v) is 15.8. The summed E-state index contributed by atoms with van der Waals surface area (Å²) in [6.45, 7) is 5.64. The Hall–Kier alpha value is -2.86. The van der Waals surface area contributed by atoms with Crippen molar-refractivity contribution in [2.24, 2.45) is 11.3 Å². The molecule has 47 heavy (non-hydrogen) atoms. The second-order valence-electron chi connectivity index (χ2n) is 13.2.